The summed E-state index contributed by atoms with van der Waals surface area (Å²) in [6.07, 6.45) is 11.4. The number of aromatic nitrogens is 7. The van der Waals surface area contributed by atoms with Gasteiger partial charge in [-0.05, 0) is 90.1 Å². The Morgan fingerprint density at radius 1 is 0.651 bits per heavy atom. The van der Waals surface area contributed by atoms with E-state index in [-0.39, 0.29) is 14.9 Å². The molecule has 0 unspecified atom stereocenters. The summed E-state index contributed by atoms with van der Waals surface area (Å²) in [6, 6.07) is 8.35. The molecule has 0 N–H and O–H groups in total. The molecule has 0 atom stereocenters. The van der Waals surface area contributed by atoms with Gasteiger partial charge in [0.1, 0.15) is 6.33 Å². The third kappa shape index (κ3) is 7.61. The lowest BCUT2D eigenvalue weighted by Crippen LogP contribution is -2.00. The Kier molecular flexibility index (Phi) is 12.1. The molecule has 0 bridgehead atoms. The molecule has 0 spiro atoms. The molecular formula is C35H51N7O. The first-order chi connectivity index (χ1) is 19.5. The Bertz CT molecular complexity index is 1750. The lowest BCUT2D eigenvalue weighted by molar-refractivity contribution is 0.415. The maximum absolute atomic E-state index is 5.25. The molecule has 0 saturated heterocycles. The number of hydrogen-bond acceptors (Lipinski definition) is 5. The summed E-state index contributed by atoms with van der Waals surface area (Å²) < 4.78 is 10.9. The predicted molar refractivity (Wildman–Crippen MR) is 180 cm³/mol. The second-order valence-corrected chi connectivity index (χ2v) is 11.4. The van der Waals surface area contributed by atoms with Crippen LogP contribution in [0.25, 0.3) is 16.7 Å². The van der Waals surface area contributed by atoms with E-state index < -0.39 is 0 Å². The summed E-state index contributed by atoms with van der Waals surface area (Å²) in [4.78, 5) is 4.12. The Hall–Kier alpha value is -4.20. The first kappa shape index (κ1) is 35.0. The van der Waals surface area contributed by atoms with Gasteiger partial charge in [0.15, 0.2) is 11.4 Å². The van der Waals surface area contributed by atoms with Crippen molar-refractivity contribution in [3.05, 3.63) is 95.0 Å². The number of ether oxygens (including phenoxy) is 1. The Labute approximate surface area is 257 Å². The van der Waals surface area contributed by atoms with E-state index in [1.54, 1.807) is 11.6 Å². The van der Waals surface area contributed by atoms with Crippen molar-refractivity contribution in [2.45, 2.75) is 94.9 Å². The van der Waals surface area contributed by atoms with Crippen LogP contribution < -0.4 is 4.74 Å². The fraction of sp³-hybridized carbons (Fsp3) is 0.429. The molecule has 43 heavy (non-hydrogen) atoms. The fourth-order valence-corrected chi connectivity index (χ4v) is 4.86. The van der Waals surface area contributed by atoms with Crippen LogP contribution in [0.15, 0.2) is 61.6 Å². The highest BCUT2D eigenvalue weighted by Gasteiger charge is 2.10. The van der Waals surface area contributed by atoms with Gasteiger partial charge >= 0.3 is 0 Å². The minimum Gasteiger partial charge on any atom is -0.493 e. The molecule has 0 saturated carbocycles. The average molecular weight is 586 g/mol. The van der Waals surface area contributed by atoms with Crippen LogP contribution in [0, 0.1) is 20.8 Å². The van der Waals surface area contributed by atoms with Crippen molar-refractivity contribution < 1.29 is 4.74 Å². The van der Waals surface area contributed by atoms with Gasteiger partial charge < -0.3 is 4.74 Å². The van der Waals surface area contributed by atoms with Crippen molar-refractivity contribution in [1.82, 2.24) is 33.8 Å². The van der Waals surface area contributed by atoms with E-state index in [4.69, 9.17) is 4.74 Å². The van der Waals surface area contributed by atoms with Gasteiger partial charge in [-0.1, -0.05) is 62.5 Å². The molecule has 0 amide bonds. The first-order valence-electron chi connectivity index (χ1n) is 14.3. The third-order valence-corrected chi connectivity index (χ3v) is 7.58. The molecule has 6 rings (SSSR count). The molecule has 8 nitrogen and oxygen atoms in total. The van der Waals surface area contributed by atoms with E-state index in [2.05, 4.69) is 107 Å². The first-order valence-corrected chi connectivity index (χ1v) is 14.3. The van der Waals surface area contributed by atoms with Gasteiger partial charge in [-0.15, -0.1) is 0 Å². The lowest BCUT2D eigenvalue weighted by Gasteiger charge is -2.13. The van der Waals surface area contributed by atoms with E-state index in [0.29, 0.717) is 17.8 Å². The Balaban J connectivity index is 0.000000220. The van der Waals surface area contributed by atoms with Gasteiger partial charge in [-0.25, -0.2) is 18.5 Å². The van der Waals surface area contributed by atoms with E-state index >= 15 is 0 Å². The van der Waals surface area contributed by atoms with Crippen LogP contribution in [0.5, 0.6) is 5.75 Å². The minimum atomic E-state index is 0. The van der Waals surface area contributed by atoms with Gasteiger partial charge in [0.05, 0.1) is 18.1 Å². The summed E-state index contributed by atoms with van der Waals surface area (Å²) >= 11 is 0. The highest BCUT2D eigenvalue weighted by atomic mass is 16.5. The van der Waals surface area contributed by atoms with E-state index in [9.17, 15) is 0 Å². The monoisotopic (exact) mass is 585 g/mol. The van der Waals surface area contributed by atoms with E-state index in [1.807, 2.05) is 39.8 Å². The van der Waals surface area contributed by atoms with Crippen molar-refractivity contribution >= 4 is 16.7 Å². The zero-order valence-corrected chi connectivity index (χ0v) is 26.0. The number of hydrogen-bond donors (Lipinski definition) is 0. The summed E-state index contributed by atoms with van der Waals surface area (Å²) in [6.45, 7) is 19.6. The quantitative estimate of drug-likeness (QED) is 0.206. The second kappa shape index (κ2) is 14.8. The molecule has 6 aromatic rings. The van der Waals surface area contributed by atoms with Gasteiger partial charge in [-0.3, -0.25) is 0 Å². The molecule has 6 aromatic heterocycles. The summed E-state index contributed by atoms with van der Waals surface area (Å²) in [5.74, 6) is 2.35. The van der Waals surface area contributed by atoms with Crippen molar-refractivity contribution in [2.75, 3.05) is 7.11 Å². The molecule has 0 aromatic carbocycles. The van der Waals surface area contributed by atoms with Crippen molar-refractivity contribution in [2.24, 2.45) is 0 Å². The van der Waals surface area contributed by atoms with Gasteiger partial charge in [0.25, 0.3) is 0 Å². The number of aryl methyl sites for hydroxylation is 2. The number of rotatable bonds is 4. The molecule has 0 aliphatic carbocycles. The topological polar surface area (TPSA) is 74.0 Å². The molecule has 8 heteroatoms. The maximum atomic E-state index is 5.25. The standard InChI is InChI=1S/C12H16N2.C11H14N2.C10H13N3O.2CH4/c1-8(2)11-7-14-12(5-6-13-14)10(4)9(11)3;1-8(2)10-6-9(3)11-4-5-12-13(11)7-10;1-7(2)8-4-9(14-3)10-11-6-12-13(10)5-8;;/h5-8H,1-4H3;4-8H,1-3H3;4-7H,1-3H3;2*1H4. The predicted octanol–water partition coefficient (Wildman–Crippen LogP) is 8.97. The third-order valence-electron chi connectivity index (χ3n) is 7.58. The minimum absolute atomic E-state index is 0. The average Bonchev–Trinajstić information content (AvgIpc) is 3.71. The van der Waals surface area contributed by atoms with E-state index in [1.165, 1.54) is 50.7 Å². The molecule has 0 aliphatic rings. The highest BCUT2D eigenvalue weighted by Crippen LogP contribution is 2.25. The molecule has 232 valence electrons. The maximum Gasteiger partial charge on any atom is 0.197 e. The fourth-order valence-electron chi connectivity index (χ4n) is 4.86. The van der Waals surface area contributed by atoms with Crippen LogP contribution >= 0.6 is 0 Å². The van der Waals surface area contributed by atoms with Gasteiger partial charge in [0, 0.05) is 31.0 Å². The molecular weight excluding hydrogens is 534 g/mol. The molecule has 0 radical (unpaired) electrons. The normalized spacial score (nSPS) is 10.8. The number of methoxy groups -OCH3 is 1. The molecule has 0 fully saturated rings. The Morgan fingerprint density at radius 2 is 1.21 bits per heavy atom. The summed E-state index contributed by atoms with van der Waals surface area (Å²) in [5.41, 5.74) is 11.1. The van der Waals surface area contributed by atoms with Crippen molar-refractivity contribution in [3.63, 3.8) is 0 Å². The van der Waals surface area contributed by atoms with Crippen LogP contribution in [0.2, 0.25) is 0 Å². The zero-order chi connectivity index (χ0) is 29.8. The molecule has 0 aliphatic heterocycles. The van der Waals surface area contributed by atoms with Gasteiger partial charge in [-0.2, -0.15) is 15.3 Å². The summed E-state index contributed by atoms with van der Waals surface area (Å²) in [5, 5.41) is 12.6. The van der Waals surface area contributed by atoms with Crippen LogP contribution in [0.3, 0.4) is 0 Å². The van der Waals surface area contributed by atoms with Crippen LogP contribution in [0.1, 0.15) is 108 Å². The summed E-state index contributed by atoms with van der Waals surface area (Å²) in [7, 11) is 1.65. The lowest BCUT2D eigenvalue weighted by atomic mass is 9.97. The largest absolute Gasteiger partial charge is 0.493 e. The number of nitrogens with zero attached hydrogens (tertiary/aromatic N) is 7. The second-order valence-electron chi connectivity index (χ2n) is 11.4. The number of fused-ring (bicyclic) bond motifs is 3. The van der Waals surface area contributed by atoms with Crippen LogP contribution in [0.4, 0.5) is 0 Å². The Morgan fingerprint density at radius 3 is 1.79 bits per heavy atom. The molecule has 6 heterocycles. The smallest absolute Gasteiger partial charge is 0.197 e. The van der Waals surface area contributed by atoms with Crippen LogP contribution in [-0.4, -0.2) is 40.9 Å². The van der Waals surface area contributed by atoms with Crippen molar-refractivity contribution in [1.29, 1.82) is 0 Å². The van der Waals surface area contributed by atoms with E-state index in [0.717, 1.165) is 11.4 Å². The van der Waals surface area contributed by atoms with Gasteiger partial charge in [0.2, 0.25) is 0 Å². The van der Waals surface area contributed by atoms with Crippen molar-refractivity contribution in [3.8, 4) is 5.75 Å². The van der Waals surface area contributed by atoms with Crippen LogP contribution in [-0.2, 0) is 0 Å². The zero-order valence-electron chi connectivity index (χ0n) is 26.0. The SMILES string of the molecule is C.C.COc1cc(C(C)C)cn2ncnc12.Cc1c(C(C)C)cn2nccc2c1C.Cc1cc(C(C)C)cn2nccc12. The highest BCUT2D eigenvalue weighted by molar-refractivity contribution is 5.58. The number of pyridine rings is 3.